The number of rotatable bonds is 6. The van der Waals surface area contributed by atoms with Gasteiger partial charge in [0.2, 0.25) is 0 Å². The van der Waals surface area contributed by atoms with Crippen LogP contribution in [0.15, 0.2) is 22.6 Å². The zero-order chi connectivity index (χ0) is 14.4. The first-order valence-corrected chi connectivity index (χ1v) is 7.12. The van der Waals surface area contributed by atoms with Gasteiger partial charge in [0.05, 0.1) is 6.04 Å². The van der Waals surface area contributed by atoms with Gasteiger partial charge in [-0.3, -0.25) is 4.79 Å². The smallest absolute Gasteiger partial charge is 0.311 e. The second-order valence-corrected chi connectivity index (χ2v) is 5.01. The lowest BCUT2D eigenvalue weighted by molar-refractivity contribution is 0.112. The molecule has 6 heteroatoms. The topological polar surface area (TPSA) is 66.8 Å². The summed E-state index contributed by atoms with van der Waals surface area (Å²) in [6.45, 7) is 6.88. The molecule has 0 aliphatic carbocycles. The first-order chi connectivity index (χ1) is 8.97. The van der Waals surface area contributed by atoms with Crippen LogP contribution >= 0.6 is 0 Å². The normalized spacial score (nSPS) is 11.7. The van der Waals surface area contributed by atoms with Crippen LogP contribution in [0.25, 0.3) is 0 Å². The van der Waals surface area contributed by atoms with E-state index in [9.17, 15) is 13.2 Å². The Morgan fingerprint density at radius 1 is 1.42 bits per heavy atom. The fraction of sp³-hybridized carbons (Fsp3) is 0.462. The van der Waals surface area contributed by atoms with Crippen LogP contribution in [0.1, 0.15) is 29.8 Å². The summed E-state index contributed by atoms with van der Waals surface area (Å²) >= 11 is 0. The number of hydrogen-bond acceptors (Lipinski definition) is 5. The van der Waals surface area contributed by atoms with Crippen LogP contribution < -0.4 is 4.90 Å². The van der Waals surface area contributed by atoms with E-state index in [-0.39, 0.29) is 6.04 Å². The summed E-state index contributed by atoms with van der Waals surface area (Å²) < 4.78 is 24.6. The highest BCUT2D eigenvalue weighted by molar-refractivity contribution is 7.61. The molecule has 0 heterocycles. The highest BCUT2D eigenvalue weighted by Crippen LogP contribution is 2.19. The minimum absolute atomic E-state index is 0.302. The third-order valence-corrected chi connectivity index (χ3v) is 3.41. The number of benzene rings is 1. The second kappa shape index (κ2) is 7.04. The van der Waals surface area contributed by atoms with Gasteiger partial charge in [-0.15, -0.1) is 0 Å². The van der Waals surface area contributed by atoms with Crippen molar-refractivity contribution in [2.75, 3.05) is 18.0 Å². The Labute approximate surface area is 115 Å². The Bertz CT molecular complexity index is 574. The molecule has 1 aromatic rings. The van der Waals surface area contributed by atoms with Crippen molar-refractivity contribution < 1.29 is 13.2 Å². The van der Waals surface area contributed by atoms with Crippen LogP contribution in [0, 0.1) is 6.92 Å². The number of aldehydes is 1. The highest BCUT2D eigenvalue weighted by atomic mass is 32.2. The maximum atomic E-state index is 10.8. The minimum Gasteiger partial charge on any atom is -0.370 e. The molecule has 1 atom stereocenters. The molecule has 0 saturated carbocycles. The number of aryl methyl sites for hydroxylation is 1. The largest absolute Gasteiger partial charge is 0.370 e. The zero-order valence-corrected chi connectivity index (χ0v) is 12.1. The highest BCUT2D eigenvalue weighted by Gasteiger charge is 2.10. The monoisotopic (exact) mass is 282 g/mol. The molecule has 104 valence electrons. The van der Waals surface area contributed by atoms with Gasteiger partial charge in [-0.25, -0.2) is 0 Å². The summed E-state index contributed by atoms with van der Waals surface area (Å²) in [7, 11) is -2.38. The van der Waals surface area contributed by atoms with E-state index in [1.54, 1.807) is 13.0 Å². The van der Waals surface area contributed by atoms with Gasteiger partial charge < -0.3 is 4.90 Å². The molecule has 5 nitrogen and oxygen atoms in total. The van der Waals surface area contributed by atoms with E-state index in [0.717, 1.165) is 24.1 Å². The summed E-state index contributed by atoms with van der Waals surface area (Å²) in [5.41, 5.74) is 2.53. The van der Waals surface area contributed by atoms with Crippen molar-refractivity contribution in [3.8, 4) is 0 Å². The van der Waals surface area contributed by atoms with Crippen LogP contribution in [0.2, 0.25) is 0 Å². The zero-order valence-electron chi connectivity index (χ0n) is 11.3. The molecule has 0 bridgehead atoms. The van der Waals surface area contributed by atoms with Gasteiger partial charge in [0.15, 0.2) is 0 Å². The molecule has 0 N–H and O–H groups in total. The molecule has 0 amide bonds. The maximum Gasteiger partial charge on any atom is 0.311 e. The second-order valence-electron chi connectivity index (χ2n) is 4.37. The number of carbonyl (C=O) groups excluding carboxylic acids is 1. The molecule has 0 fully saturated rings. The van der Waals surface area contributed by atoms with E-state index in [1.807, 2.05) is 30.9 Å². The molecule has 1 unspecified atom stereocenters. The molecule has 0 spiro atoms. The average molecular weight is 282 g/mol. The molecule has 0 aromatic heterocycles. The quantitative estimate of drug-likeness (QED) is 0.749. The number of anilines is 1. The van der Waals surface area contributed by atoms with Crippen LogP contribution in [0.3, 0.4) is 0 Å². The third-order valence-electron chi connectivity index (χ3n) is 2.88. The van der Waals surface area contributed by atoms with E-state index in [4.69, 9.17) is 0 Å². The third kappa shape index (κ3) is 4.48. The lowest BCUT2D eigenvalue weighted by Gasteiger charge is -2.25. The lowest BCUT2D eigenvalue weighted by Crippen LogP contribution is -2.30. The molecule has 0 radical (unpaired) electrons. The van der Waals surface area contributed by atoms with Crippen molar-refractivity contribution in [1.29, 1.82) is 0 Å². The van der Waals surface area contributed by atoms with Crippen molar-refractivity contribution in [3.63, 3.8) is 0 Å². The summed E-state index contributed by atoms with van der Waals surface area (Å²) in [4.78, 5) is 12.8. The standard InChI is InChI=1S/C13H18N2O3S/c1-4-15(8-11(3)14-19(17)18)13-6-5-12(9-16)10(2)7-13/h5-7,9,11H,4,8H2,1-3H3. The van der Waals surface area contributed by atoms with Gasteiger partial charge in [-0.05, 0) is 44.5 Å². The fourth-order valence-electron chi connectivity index (χ4n) is 1.91. The van der Waals surface area contributed by atoms with Crippen molar-refractivity contribution in [3.05, 3.63) is 29.3 Å². The number of carbonyl (C=O) groups is 1. The molecule has 0 saturated heterocycles. The van der Waals surface area contributed by atoms with E-state index in [0.29, 0.717) is 12.1 Å². The Morgan fingerprint density at radius 3 is 2.58 bits per heavy atom. The van der Waals surface area contributed by atoms with Crippen LogP contribution in [-0.2, 0) is 10.5 Å². The maximum absolute atomic E-state index is 10.8. The minimum atomic E-state index is -2.38. The van der Waals surface area contributed by atoms with Crippen molar-refractivity contribution in [2.45, 2.75) is 26.8 Å². The lowest BCUT2D eigenvalue weighted by atomic mass is 10.1. The number of hydrogen-bond donors (Lipinski definition) is 0. The predicted octanol–water partition coefficient (Wildman–Crippen LogP) is 2.09. The number of likely N-dealkylation sites (N-methyl/N-ethyl adjacent to an activating group) is 1. The van der Waals surface area contributed by atoms with Crippen molar-refractivity contribution in [1.82, 2.24) is 0 Å². The Morgan fingerprint density at radius 2 is 2.11 bits per heavy atom. The van der Waals surface area contributed by atoms with Gasteiger partial charge in [-0.2, -0.15) is 12.8 Å². The summed E-state index contributed by atoms with van der Waals surface area (Å²) in [5, 5.41) is 0. The van der Waals surface area contributed by atoms with Gasteiger partial charge in [0.1, 0.15) is 6.29 Å². The van der Waals surface area contributed by atoms with Gasteiger partial charge in [-0.1, -0.05) is 0 Å². The molecular weight excluding hydrogens is 264 g/mol. The van der Waals surface area contributed by atoms with Crippen molar-refractivity contribution >= 4 is 22.5 Å². The van der Waals surface area contributed by atoms with E-state index < -0.39 is 10.5 Å². The Hall–Kier alpha value is -1.69. The fourth-order valence-corrected chi connectivity index (χ4v) is 2.27. The van der Waals surface area contributed by atoms with Crippen LogP contribution in [0.4, 0.5) is 5.69 Å². The van der Waals surface area contributed by atoms with Crippen molar-refractivity contribution in [2.24, 2.45) is 4.36 Å². The Kier molecular flexibility index (Phi) is 5.69. The van der Waals surface area contributed by atoms with E-state index in [2.05, 4.69) is 4.36 Å². The van der Waals surface area contributed by atoms with Crippen LogP contribution in [-0.4, -0.2) is 33.8 Å². The van der Waals surface area contributed by atoms with Crippen LogP contribution in [0.5, 0.6) is 0 Å². The molecule has 19 heavy (non-hydrogen) atoms. The van der Waals surface area contributed by atoms with E-state index in [1.165, 1.54) is 0 Å². The summed E-state index contributed by atoms with van der Waals surface area (Å²) in [6.07, 6.45) is 0.827. The average Bonchev–Trinajstić information content (AvgIpc) is 2.35. The molecular formula is C13H18N2O3S. The van der Waals surface area contributed by atoms with Gasteiger partial charge >= 0.3 is 10.5 Å². The summed E-state index contributed by atoms with van der Waals surface area (Å²) in [6, 6.07) is 5.26. The Balaban J connectivity index is 2.94. The predicted molar refractivity (Wildman–Crippen MR) is 75.3 cm³/mol. The van der Waals surface area contributed by atoms with Gasteiger partial charge in [0.25, 0.3) is 0 Å². The van der Waals surface area contributed by atoms with E-state index >= 15 is 0 Å². The first kappa shape index (κ1) is 15.4. The van der Waals surface area contributed by atoms with Gasteiger partial charge in [0, 0.05) is 24.3 Å². The molecule has 0 aliphatic rings. The molecule has 1 rings (SSSR count). The number of nitrogens with zero attached hydrogens (tertiary/aromatic N) is 2. The summed E-state index contributed by atoms with van der Waals surface area (Å²) in [5.74, 6) is 0. The SMILES string of the molecule is CCN(CC(C)N=S(=O)=O)c1ccc(C=O)c(C)c1. The first-order valence-electron chi connectivity index (χ1n) is 6.09. The molecule has 1 aromatic carbocycles. The molecule has 0 aliphatic heterocycles.